The Hall–Kier alpha value is -4.39. The number of carbonyl (C=O) groups is 6. The van der Waals surface area contributed by atoms with Crippen LogP contribution in [0.2, 0.25) is 0 Å². The van der Waals surface area contributed by atoms with Crippen LogP contribution >= 0.6 is 0 Å². The van der Waals surface area contributed by atoms with Gasteiger partial charge in [0.05, 0.1) is 24.2 Å². The molecule has 4 amide bonds. The third-order valence-electron chi connectivity index (χ3n) is 6.38. The second kappa shape index (κ2) is 14.0. The van der Waals surface area contributed by atoms with E-state index >= 15 is 0 Å². The van der Waals surface area contributed by atoms with Crippen molar-refractivity contribution in [2.24, 2.45) is 5.73 Å². The lowest BCUT2D eigenvalue weighted by Gasteiger charge is -2.23. The van der Waals surface area contributed by atoms with Gasteiger partial charge in [-0.25, -0.2) is 4.79 Å². The van der Waals surface area contributed by atoms with Crippen molar-refractivity contribution in [3.05, 3.63) is 42.1 Å². The van der Waals surface area contributed by atoms with E-state index < -0.39 is 54.0 Å². The average Bonchev–Trinajstić information content (AvgIpc) is 3.43. The van der Waals surface area contributed by atoms with E-state index in [1.807, 2.05) is 0 Å². The molecule has 13 nitrogen and oxygen atoms in total. The highest BCUT2D eigenvalue weighted by atomic mass is 16.4. The van der Waals surface area contributed by atoms with Gasteiger partial charge in [0.2, 0.25) is 17.6 Å². The van der Waals surface area contributed by atoms with Crippen molar-refractivity contribution >= 4 is 46.3 Å². The molecule has 0 spiro atoms. The number of nitrogens with one attached hydrogen (secondary N) is 3. The van der Waals surface area contributed by atoms with E-state index in [4.69, 9.17) is 5.73 Å². The molecule has 0 bridgehead atoms. The Morgan fingerprint density at radius 2 is 1.82 bits per heavy atom. The maximum absolute atomic E-state index is 12.8. The van der Waals surface area contributed by atoms with Gasteiger partial charge in [-0.3, -0.25) is 29.0 Å². The Labute approximate surface area is 224 Å². The van der Waals surface area contributed by atoms with Gasteiger partial charge in [0.15, 0.2) is 0 Å². The third kappa shape index (κ3) is 7.80. The molecule has 208 valence electrons. The molecular formula is C26H32N6O7. The standard InChI is InChI=1S/C26H32N6O7/c27-11-4-3-8-19(26(38)39)31-21(33)14-29-25(37)23(35)20-9-5-13-32(20)22(34)15-30-24(36)17-10-12-28-18-7-2-1-6-16(17)18/h1-2,6-7,10,12,19-20H,3-5,8-9,11,13-15,27H2,(H,29,37)(H,30,36)(H,31,33)(H,38,39)/t19-,20?/m0/s1. The van der Waals surface area contributed by atoms with Gasteiger partial charge >= 0.3 is 5.97 Å². The van der Waals surface area contributed by atoms with Crippen LogP contribution in [0.1, 0.15) is 42.5 Å². The van der Waals surface area contributed by atoms with Crippen molar-refractivity contribution in [2.75, 3.05) is 26.2 Å². The van der Waals surface area contributed by atoms with Crippen LogP contribution in [-0.4, -0.2) is 88.6 Å². The van der Waals surface area contributed by atoms with Gasteiger partial charge in [0.1, 0.15) is 12.1 Å². The van der Waals surface area contributed by atoms with Crippen LogP contribution in [0.15, 0.2) is 36.5 Å². The molecule has 1 aliphatic rings. The number of pyridine rings is 1. The number of aliphatic carboxylic acids is 1. The number of carbonyl (C=O) groups excluding carboxylic acids is 5. The summed E-state index contributed by atoms with van der Waals surface area (Å²) in [6.45, 7) is -0.334. The molecule has 0 saturated carbocycles. The van der Waals surface area contributed by atoms with Crippen LogP contribution in [-0.2, 0) is 24.0 Å². The Balaban J connectivity index is 1.51. The largest absolute Gasteiger partial charge is 0.480 e. The smallest absolute Gasteiger partial charge is 0.326 e. The lowest BCUT2D eigenvalue weighted by atomic mass is 10.1. The molecule has 1 aromatic heterocycles. The molecule has 0 aliphatic carbocycles. The van der Waals surface area contributed by atoms with Crippen LogP contribution in [0.4, 0.5) is 0 Å². The molecule has 39 heavy (non-hydrogen) atoms. The summed E-state index contributed by atoms with van der Waals surface area (Å²) in [6, 6.07) is 6.46. The summed E-state index contributed by atoms with van der Waals surface area (Å²) in [7, 11) is 0. The highest BCUT2D eigenvalue weighted by Gasteiger charge is 2.37. The minimum absolute atomic E-state index is 0.179. The molecular weight excluding hydrogens is 508 g/mol. The first kappa shape index (κ1) is 29.2. The fourth-order valence-corrected chi connectivity index (χ4v) is 4.38. The number of unbranched alkanes of at least 4 members (excludes halogenated alkanes) is 1. The molecule has 1 aliphatic heterocycles. The quantitative estimate of drug-likeness (QED) is 0.161. The molecule has 2 aromatic rings. The molecule has 1 aromatic carbocycles. The number of nitrogens with two attached hydrogens (primary N) is 1. The Morgan fingerprint density at radius 3 is 2.56 bits per heavy atom. The maximum Gasteiger partial charge on any atom is 0.326 e. The number of fused-ring (bicyclic) bond motifs is 1. The van der Waals surface area contributed by atoms with Crippen LogP contribution in [0, 0.1) is 0 Å². The van der Waals surface area contributed by atoms with Gasteiger partial charge in [-0.2, -0.15) is 0 Å². The van der Waals surface area contributed by atoms with Gasteiger partial charge in [-0.15, -0.1) is 0 Å². The summed E-state index contributed by atoms with van der Waals surface area (Å²) < 4.78 is 0. The monoisotopic (exact) mass is 540 g/mol. The van der Waals surface area contributed by atoms with E-state index in [-0.39, 0.29) is 25.9 Å². The Morgan fingerprint density at radius 1 is 1.05 bits per heavy atom. The zero-order valence-electron chi connectivity index (χ0n) is 21.4. The normalized spacial score (nSPS) is 15.4. The van der Waals surface area contributed by atoms with Crippen molar-refractivity contribution in [1.29, 1.82) is 0 Å². The highest BCUT2D eigenvalue weighted by Crippen LogP contribution is 2.19. The molecule has 2 atom stereocenters. The van der Waals surface area contributed by atoms with E-state index in [2.05, 4.69) is 20.9 Å². The fraction of sp³-hybridized carbons (Fsp3) is 0.423. The number of likely N-dealkylation sites (tertiary alicyclic amines) is 1. The minimum atomic E-state index is -1.22. The molecule has 3 rings (SSSR count). The van der Waals surface area contributed by atoms with Crippen molar-refractivity contribution in [2.45, 2.75) is 44.2 Å². The lowest BCUT2D eigenvalue weighted by molar-refractivity contribution is -0.144. The number of hydrogen-bond donors (Lipinski definition) is 5. The number of carboxylic acids is 1. The molecule has 6 N–H and O–H groups in total. The van der Waals surface area contributed by atoms with E-state index in [1.165, 1.54) is 11.1 Å². The van der Waals surface area contributed by atoms with Crippen molar-refractivity contribution in [3.8, 4) is 0 Å². The second-order valence-electron chi connectivity index (χ2n) is 9.09. The molecule has 1 unspecified atom stereocenters. The summed E-state index contributed by atoms with van der Waals surface area (Å²) in [5, 5.41) is 16.9. The number of rotatable bonds is 13. The van der Waals surface area contributed by atoms with Gasteiger partial charge in [0, 0.05) is 18.1 Å². The first-order valence-corrected chi connectivity index (χ1v) is 12.7. The minimum Gasteiger partial charge on any atom is -0.480 e. The van der Waals surface area contributed by atoms with E-state index in [0.29, 0.717) is 42.3 Å². The van der Waals surface area contributed by atoms with Crippen LogP contribution in [0.5, 0.6) is 0 Å². The molecule has 1 fully saturated rings. The number of carboxylic acid groups (broad SMARTS) is 1. The summed E-state index contributed by atoms with van der Waals surface area (Å²) in [6.07, 6.45) is 3.53. The zero-order valence-corrected chi connectivity index (χ0v) is 21.4. The summed E-state index contributed by atoms with van der Waals surface area (Å²) >= 11 is 0. The number of aromatic nitrogens is 1. The number of nitrogens with zero attached hydrogens (tertiary/aromatic N) is 2. The fourth-order valence-electron chi connectivity index (χ4n) is 4.38. The zero-order chi connectivity index (χ0) is 28.4. The second-order valence-corrected chi connectivity index (χ2v) is 9.09. The first-order valence-electron chi connectivity index (χ1n) is 12.7. The number of hydrogen-bond acceptors (Lipinski definition) is 8. The highest BCUT2D eigenvalue weighted by molar-refractivity contribution is 6.38. The van der Waals surface area contributed by atoms with E-state index in [9.17, 15) is 33.9 Å². The van der Waals surface area contributed by atoms with Crippen LogP contribution in [0.25, 0.3) is 10.9 Å². The predicted octanol–water partition coefficient (Wildman–Crippen LogP) is -0.661. The van der Waals surface area contributed by atoms with Gasteiger partial charge in [-0.1, -0.05) is 18.2 Å². The molecule has 2 heterocycles. The van der Waals surface area contributed by atoms with Gasteiger partial charge in [0.25, 0.3) is 11.8 Å². The summed E-state index contributed by atoms with van der Waals surface area (Å²) in [4.78, 5) is 79.6. The molecule has 13 heteroatoms. The van der Waals surface area contributed by atoms with Crippen LogP contribution in [0.3, 0.4) is 0 Å². The first-order chi connectivity index (χ1) is 18.7. The van der Waals surface area contributed by atoms with Crippen molar-refractivity contribution < 1.29 is 33.9 Å². The van der Waals surface area contributed by atoms with E-state index in [1.54, 1.807) is 30.3 Å². The molecule has 0 radical (unpaired) electrons. The SMILES string of the molecule is NCCCC[C@H](NC(=O)CNC(=O)C(=O)C1CCCN1C(=O)CNC(=O)c1ccnc2ccccc12)C(=O)O. The predicted molar refractivity (Wildman–Crippen MR) is 139 cm³/mol. The molecule has 1 saturated heterocycles. The Bertz CT molecular complexity index is 1250. The number of para-hydroxylation sites is 1. The van der Waals surface area contributed by atoms with E-state index in [0.717, 1.165) is 0 Å². The van der Waals surface area contributed by atoms with Gasteiger partial charge < -0.3 is 31.7 Å². The number of Topliss-reactive ketones (excluding diaryl/α,β-unsaturated/α-hetero) is 1. The number of ketones is 1. The van der Waals surface area contributed by atoms with Crippen molar-refractivity contribution in [3.63, 3.8) is 0 Å². The summed E-state index contributed by atoms with van der Waals surface area (Å²) in [5.74, 6) is -4.93. The average molecular weight is 541 g/mol. The topological polar surface area (TPSA) is 201 Å². The summed E-state index contributed by atoms with van der Waals surface area (Å²) in [5.41, 5.74) is 6.38. The lowest BCUT2D eigenvalue weighted by Crippen LogP contribution is -2.51. The number of benzene rings is 1. The Kier molecular flexibility index (Phi) is 10.4. The number of amides is 4. The van der Waals surface area contributed by atoms with Gasteiger partial charge in [-0.05, 0) is 50.8 Å². The third-order valence-corrected chi connectivity index (χ3v) is 6.38. The van der Waals surface area contributed by atoms with Crippen molar-refractivity contribution in [1.82, 2.24) is 25.8 Å². The van der Waals surface area contributed by atoms with Crippen LogP contribution < -0.4 is 21.7 Å². The maximum atomic E-state index is 12.8.